The van der Waals surface area contributed by atoms with Gasteiger partial charge in [0.25, 0.3) is 5.56 Å². The van der Waals surface area contributed by atoms with E-state index in [0.717, 1.165) is 27.7 Å². The number of hydrogen-bond donors (Lipinski definition) is 3. The number of nitrogens with one attached hydrogen (secondary N) is 1. The van der Waals surface area contributed by atoms with Crippen molar-refractivity contribution in [2.75, 3.05) is 22.7 Å². The molecule has 2 atom stereocenters. The topological polar surface area (TPSA) is 138 Å². The summed E-state index contributed by atoms with van der Waals surface area (Å²) in [6, 6.07) is 4.09. The van der Waals surface area contributed by atoms with Crippen LogP contribution in [0.4, 0.5) is 47.2 Å². The number of nitrogens with zero attached hydrogens (tertiary/aromatic N) is 5. The molecule has 0 spiro atoms. The average molecular weight is 703 g/mol. The number of aryl methyl sites for hydroxylation is 1. The molecule has 0 unspecified atom stereocenters. The first-order valence-electron chi connectivity index (χ1n) is 14.1. The summed E-state index contributed by atoms with van der Waals surface area (Å²) in [5, 5.41) is 12.2. The Hall–Kier alpha value is -4.94. The van der Waals surface area contributed by atoms with Crippen LogP contribution < -0.4 is 15.2 Å². The molecule has 1 amide bonds. The zero-order chi connectivity index (χ0) is 35.1. The highest BCUT2D eigenvalue weighted by Crippen LogP contribution is 2.35. The van der Waals surface area contributed by atoms with Crippen molar-refractivity contribution in [3.8, 4) is 11.1 Å². The molecule has 5 rings (SSSR count). The van der Waals surface area contributed by atoms with Crippen molar-refractivity contribution < 1.29 is 49.1 Å². The molecule has 48 heavy (non-hydrogen) atoms. The quantitative estimate of drug-likeness (QED) is 0.133. The summed E-state index contributed by atoms with van der Waals surface area (Å²) in [7, 11) is -3.90. The van der Waals surface area contributed by atoms with Crippen molar-refractivity contribution >= 4 is 39.7 Å². The van der Waals surface area contributed by atoms with Crippen LogP contribution in [0.15, 0.2) is 47.4 Å². The minimum absolute atomic E-state index is 0.0000322. The Kier molecular flexibility index (Phi) is 9.52. The second-order valence-electron chi connectivity index (χ2n) is 10.8. The highest BCUT2D eigenvalue weighted by atomic mass is 32.2. The van der Waals surface area contributed by atoms with E-state index in [4.69, 9.17) is 0 Å². The van der Waals surface area contributed by atoms with Gasteiger partial charge in [0.05, 0.1) is 24.2 Å². The molecule has 1 aliphatic heterocycles. The first kappa shape index (κ1) is 34.4. The molecule has 0 saturated carbocycles. The maximum atomic E-state index is 15.6. The van der Waals surface area contributed by atoms with E-state index < -0.39 is 87.3 Å². The summed E-state index contributed by atoms with van der Waals surface area (Å²) in [5.41, 5.74) is -5.22. The number of benzene rings is 2. The number of fused-ring (bicyclic) bond motifs is 1. The lowest BCUT2D eigenvalue weighted by Gasteiger charge is -2.33. The van der Waals surface area contributed by atoms with Crippen molar-refractivity contribution in [3.05, 3.63) is 81.5 Å². The zero-order valence-electron chi connectivity index (χ0n) is 24.6. The monoisotopic (exact) mass is 702 g/mol. The molecule has 2 N–H and O–H groups in total. The molecule has 0 aliphatic carbocycles. The van der Waals surface area contributed by atoms with E-state index in [0.29, 0.717) is 18.2 Å². The van der Waals surface area contributed by atoms with Crippen LogP contribution >= 0.6 is 0 Å². The first-order valence-corrected chi connectivity index (χ1v) is 15.3. The highest BCUT2D eigenvalue weighted by Gasteiger charge is 2.32. The number of aromatic nitrogens is 3. The second kappa shape index (κ2) is 13.3. The molecule has 0 radical (unpaired) electrons. The Bertz CT molecular complexity index is 2030. The molecular formula is C29H25F7N6O5S. The minimum atomic E-state index is -4.79. The number of hydrogen-bond acceptors (Lipinski definition) is 7. The lowest BCUT2D eigenvalue weighted by atomic mass is 10.0. The standard InChI is InChI=1S/C29H25F7N6O5S/c1-2-41-25-15(10-37-27(39-25)38-18-8-17(30)12-40(13-18)28(44)45)7-20(26(41)43)19-9-21(31)24(23(33)22(19)32)42(48(46)47)11-14-4-3-5-16(6-14)29(34,35)36/h3-7,9-10,17-18,48H,2,8,11-13H2,1H3,(H,44,45)(H,37,38,39)/t17-,18-/m0/s1. The van der Waals surface area contributed by atoms with Crippen LogP contribution in [0, 0.1) is 17.5 Å². The number of amides is 1. The second-order valence-corrected chi connectivity index (χ2v) is 11.8. The number of alkyl halides is 4. The largest absolute Gasteiger partial charge is 0.465 e. The number of anilines is 2. The molecular weight excluding hydrogens is 677 g/mol. The molecule has 19 heteroatoms. The number of thiol groups is 1. The summed E-state index contributed by atoms with van der Waals surface area (Å²) in [5.74, 6) is -5.52. The third-order valence-electron chi connectivity index (χ3n) is 7.61. The van der Waals surface area contributed by atoms with Crippen LogP contribution in [0.25, 0.3) is 22.2 Å². The van der Waals surface area contributed by atoms with Gasteiger partial charge < -0.3 is 15.3 Å². The molecule has 1 aliphatic rings. The molecule has 256 valence electrons. The molecule has 1 saturated heterocycles. The van der Waals surface area contributed by atoms with Crippen molar-refractivity contribution in [3.63, 3.8) is 0 Å². The summed E-state index contributed by atoms with van der Waals surface area (Å²) >= 11 is 0. The van der Waals surface area contributed by atoms with E-state index in [9.17, 15) is 40.7 Å². The Labute approximate surface area is 268 Å². The van der Waals surface area contributed by atoms with E-state index in [1.54, 1.807) is 0 Å². The Morgan fingerprint density at radius 2 is 1.83 bits per heavy atom. The number of halogens is 7. The maximum absolute atomic E-state index is 15.6. The van der Waals surface area contributed by atoms with Gasteiger partial charge in [-0.2, -0.15) is 18.2 Å². The fourth-order valence-electron chi connectivity index (χ4n) is 5.45. The van der Waals surface area contributed by atoms with E-state index in [1.807, 2.05) is 0 Å². The van der Waals surface area contributed by atoms with E-state index >= 15 is 13.2 Å². The fraction of sp³-hybridized carbons (Fsp3) is 0.310. The van der Waals surface area contributed by atoms with E-state index in [1.165, 1.54) is 13.1 Å². The van der Waals surface area contributed by atoms with Crippen LogP contribution in [0.1, 0.15) is 24.5 Å². The third kappa shape index (κ3) is 6.85. The number of piperidine rings is 1. The minimum Gasteiger partial charge on any atom is -0.465 e. The van der Waals surface area contributed by atoms with Crippen LogP contribution in [0.3, 0.4) is 0 Å². The Balaban J connectivity index is 1.52. The summed E-state index contributed by atoms with van der Waals surface area (Å²) in [4.78, 5) is 34.1. The Morgan fingerprint density at radius 3 is 2.48 bits per heavy atom. The molecule has 2 aromatic carbocycles. The maximum Gasteiger partial charge on any atom is 0.416 e. The molecule has 4 aromatic rings. The number of rotatable bonds is 8. The summed E-state index contributed by atoms with van der Waals surface area (Å²) < 4.78 is 125. The van der Waals surface area contributed by atoms with Crippen molar-refractivity contribution in [2.24, 2.45) is 0 Å². The summed E-state index contributed by atoms with van der Waals surface area (Å²) in [6.07, 6.45) is -6.41. The van der Waals surface area contributed by atoms with Crippen molar-refractivity contribution in [1.29, 1.82) is 0 Å². The van der Waals surface area contributed by atoms with Gasteiger partial charge in [0, 0.05) is 42.7 Å². The first-order chi connectivity index (χ1) is 22.6. The van der Waals surface area contributed by atoms with Crippen molar-refractivity contribution in [1.82, 2.24) is 19.4 Å². The van der Waals surface area contributed by atoms with Gasteiger partial charge in [-0.1, -0.05) is 12.1 Å². The zero-order valence-corrected chi connectivity index (χ0v) is 25.5. The predicted octanol–water partition coefficient (Wildman–Crippen LogP) is 4.95. The number of carbonyl (C=O) groups is 1. The summed E-state index contributed by atoms with van der Waals surface area (Å²) in [6.45, 7) is 0.112. The van der Waals surface area contributed by atoms with Gasteiger partial charge in [-0.05, 0) is 36.8 Å². The average Bonchev–Trinajstić information content (AvgIpc) is 3.01. The Morgan fingerprint density at radius 1 is 1.10 bits per heavy atom. The SMILES string of the molecule is CCn1c(=O)c(-c2cc(F)c(N(Cc3cccc(C(F)(F)F)c3)[SH](=O)=O)c(F)c2F)cc2cnc(N[C@H]3C[C@H](F)CN(C(=O)O)C3)nc21. The van der Waals surface area contributed by atoms with Crippen LogP contribution in [-0.2, 0) is 30.2 Å². The third-order valence-corrected chi connectivity index (χ3v) is 8.35. The fourth-order valence-corrected chi connectivity index (χ4v) is 6.08. The normalized spacial score (nSPS) is 16.8. The molecule has 3 heterocycles. The molecule has 1 fully saturated rings. The van der Waals surface area contributed by atoms with Gasteiger partial charge in [-0.15, -0.1) is 0 Å². The smallest absolute Gasteiger partial charge is 0.416 e. The number of pyridine rings is 1. The lowest BCUT2D eigenvalue weighted by molar-refractivity contribution is -0.137. The predicted molar refractivity (Wildman–Crippen MR) is 159 cm³/mol. The highest BCUT2D eigenvalue weighted by molar-refractivity contribution is 7.74. The van der Waals surface area contributed by atoms with E-state index in [-0.39, 0.29) is 52.9 Å². The van der Waals surface area contributed by atoms with Gasteiger partial charge in [0.15, 0.2) is 17.5 Å². The van der Waals surface area contributed by atoms with Gasteiger partial charge >= 0.3 is 12.3 Å². The molecule has 11 nitrogen and oxygen atoms in total. The number of likely N-dealkylation sites (tertiary alicyclic amines) is 1. The van der Waals surface area contributed by atoms with Crippen LogP contribution in [-0.4, -0.2) is 64.4 Å². The van der Waals surface area contributed by atoms with Gasteiger partial charge in [0.2, 0.25) is 16.8 Å². The van der Waals surface area contributed by atoms with E-state index in [2.05, 4.69) is 15.3 Å². The molecule has 0 bridgehead atoms. The van der Waals surface area contributed by atoms with Crippen LogP contribution in [0.5, 0.6) is 0 Å². The van der Waals surface area contributed by atoms with Gasteiger partial charge in [0.1, 0.15) is 17.5 Å². The van der Waals surface area contributed by atoms with Crippen molar-refractivity contribution in [2.45, 2.75) is 44.8 Å². The van der Waals surface area contributed by atoms with Gasteiger partial charge in [-0.25, -0.2) is 35.8 Å². The van der Waals surface area contributed by atoms with Crippen LogP contribution in [0.2, 0.25) is 0 Å². The molecule has 2 aromatic heterocycles. The number of carboxylic acid groups (broad SMARTS) is 1. The van der Waals surface area contributed by atoms with Gasteiger partial charge in [-0.3, -0.25) is 13.7 Å². The lowest BCUT2D eigenvalue weighted by Crippen LogP contribution is -2.49.